The Kier molecular flexibility index (Phi) is 4.06. The Morgan fingerprint density at radius 2 is 1.94 bits per heavy atom. The molecule has 0 aromatic heterocycles. The van der Waals surface area contributed by atoms with Crippen LogP contribution in [-0.2, 0) is 0 Å². The van der Waals surface area contributed by atoms with Crippen molar-refractivity contribution < 1.29 is 4.74 Å². The van der Waals surface area contributed by atoms with E-state index in [0.29, 0.717) is 12.1 Å². The SMILES string of the molecule is Cc1ccc(OCC(C)NC2CC(C)C2)cc1. The van der Waals surface area contributed by atoms with E-state index in [1.54, 1.807) is 0 Å². The second-order valence-electron chi connectivity index (χ2n) is 5.47. The molecule has 0 saturated heterocycles. The maximum absolute atomic E-state index is 5.76. The monoisotopic (exact) mass is 233 g/mol. The van der Waals surface area contributed by atoms with E-state index in [9.17, 15) is 0 Å². The van der Waals surface area contributed by atoms with Gasteiger partial charge in [-0.3, -0.25) is 0 Å². The van der Waals surface area contributed by atoms with Gasteiger partial charge in [-0.2, -0.15) is 0 Å². The summed E-state index contributed by atoms with van der Waals surface area (Å²) in [5.74, 6) is 1.86. The Labute approximate surface area is 104 Å². The minimum absolute atomic E-state index is 0.425. The standard InChI is InChI=1S/C15H23NO/c1-11-4-6-15(7-5-11)17-10-13(3)16-14-8-12(2)9-14/h4-7,12-14,16H,8-10H2,1-3H3. The largest absolute Gasteiger partial charge is 0.492 e. The molecule has 1 N–H and O–H groups in total. The van der Waals surface area contributed by atoms with Gasteiger partial charge < -0.3 is 10.1 Å². The predicted molar refractivity (Wildman–Crippen MR) is 71.5 cm³/mol. The fourth-order valence-electron chi connectivity index (χ4n) is 2.34. The van der Waals surface area contributed by atoms with Gasteiger partial charge in [0.15, 0.2) is 0 Å². The molecular formula is C15H23NO. The van der Waals surface area contributed by atoms with Gasteiger partial charge in [-0.05, 0) is 44.7 Å². The first kappa shape index (κ1) is 12.4. The van der Waals surface area contributed by atoms with Crippen LogP contribution >= 0.6 is 0 Å². The lowest BCUT2D eigenvalue weighted by Gasteiger charge is -2.35. The summed E-state index contributed by atoms with van der Waals surface area (Å²) in [5, 5.41) is 3.60. The number of ether oxygens (including phenoxy) is 1. The van der Waals surface area contributed by atoms with Crippen molar-refractivity contribution in [3.05, 3.63) is 29.8 Å². The van der Waals surface area contributed by atoms with Crippen LogP contribution in [0.15, 0.2) is 24.3 Å². The van der Waals surface area contributed by atoms with Crippen molar-refractivity contribution in [2.24, 2.45) is 5.92 Å². The van der Waals surface area contributed by atoms with Crippen LogP contribution in [0.4, 0.5) is 0 Å². The third-order valence-electron chi connectivity index (χ3n) is 3.41. The molecule has 0 spiro atoms. The van der Waals surface area contributed by atoms with Crippen molar-refractivity contribution in [1.82, 2.24) is 5.32 Å². The first-order valence-corrected chi connectivity index (χ1v) is 6.59. The molecule has 2 nitrogen and oxygen atoms in total. The molecule has 94 valence electrons. The van der Waals surface area contributed by atoms with Crippen molar-refractivity contribution >= 4 is 0 Å². The van der Waals surface area contributed by atoms with Gasteiger partial charge >= 0.3 is 0 Å². The third-order valence-corrected chi connectivity index (χ3v) is 3.41. The Bertz CT molecular complexity index is 340. The summed E-state index contributed by atoms with van der Waals surface area (Å²) in [5.41, 5.74) is 1.27. The summed E-state index contributed by atoms with van der Waals surface area (Å²) in [6.45, 7) is 7.34. The Hall–Kier alpha value is -1.02. The van der Waals surface area contributed by atoms with Gasteiger partial charge in [-0.15, -0.1) is 0 Å². The van der Waals surface area contributed by atoms with Crippen LogP contribution in [0.2, 0.25) is 0 Å². The van der Waals surface area contributed by atoms with E-state index in [4.69, 9.17) is 4.74 Å². The molecule has 0 radical (unpaired) electrons. The molecule has 2 rings (SSSR count). The molecule has 1 aromatic rings. The van der Waals surface area contributed by atoms with Crippen LogP contribution in [0.5, 0.6) is 5.75 Å². The third kappa shape index (κ3) is 3.74. The summed E-state index contributed by atoms with van der Waals surface area (Å²) in [6.07, 6.45) is 2.63. The maximum Gasteiger partial charge on any atom is 0.119 e. The molecule has 0 aliphatic heterocycles. The first-order valence-electron chi connectivity index (χ1n) is 6.59. The van der Waals surface area contributed by atoms with Crippen molar-refractivity contribution in [3.8, 4) is 5.75 Å². The van der Waals surface area contributed by atoms with Crippen LogP contribution in [0.25, 0.3) is 0 Å². The quantitative estimate of drug-likeness (QED) is 0.843. The molecule has 1 aliphatic carbocycles. The van der Waals surface area contributed by atoms with E-state index in [2.05, 4.69) is 38.2 Å². The second-order valence-corrected chi connectivity index (χ2v) is 5.47. The normalized spacial score (nSPS) is 25.1. The highest BCUT2D eigenvalue weighted by Crippen LogP contribution is 2.26. The molecule has 1 atom stereocenters. The summed E-state index contributed by atoms with van der Waals surface area (Å²) in [4.78, 5) is 0. The lowest BCUT2D eigenvalue weighted by Crippen LogP contribution is -2.46. The molecule has 0 heterocycles. The van der Waals surface area contributed by atoms with E-state index in [1.807, 2.05) is 12.1 Å². The van der Waals surface area contributed by atoms with Crippen LogP contribution in [0.3, 0.4) is 0 Å². The highest BCUT2D eigenvalue weighted by Gasteiger charge is 2.26. The van der Waals surface area contributed by atoms with Gasteiger partial charge in [-0.25, -0.2) is 0 Å². The molecule has 1 saturated carbocycles. The van der Waals surface area contributed by atoms with E-state index in [-0.39, 0.29) is 0 Å². The van der Waals surface area contributed by atoms with Gasteiger partial charge in [0.2, 0.25) is 0 Å². The average molecular weight is 233 g/mol. The highest BCUT2D eigenvalue weighted by atomic mass is 16.5. The summed E-state index contributed by atoms with van der Waals surface area (Å²) in [7, 11) is 0. The molecule has 0 bridgehead atoms. The van der Waals surface area contributed by atoms with Gasteiger partial charge in [0.25, 0.3) is 0 Å². The van der Waals surface area contributed by atoms with E-state index in [1.165, 1.54) is 18.4 Å². The van der Waals surface area contributed by atoms with E-state index < -0.39 is 0 Å². The second kappa shape index (κ2) is 5.54. The first-order chi connectivity index (χ1) is 8.13. The number of rotatable bonds is 5. The van der Waals surface area contributed by atoms with Gasteiger partial charge in [0, 0.05) is 12.1 Å². The Morgan fingerprint density at radius 1 is 1.29 bits per heavy atom. The highest BCUT2D eigenvalue weighted by molar-refractivity contribution is 5.26. The molecular weight excluding hydrogens is 210 g/mol. The van der Waals surface area contributed by atoms with Crippen LogP contribution in [0.1, 0.15) is 32.3 Å². The number of aryl methyl sites for hydroxylation is 1. The lowest BCUT2D eigenvalue weighted by molar-refractivity contribution is 0.193. The van der Waals surface area contributed by atoms with Crippen LogP contribution in [-0.4, -0.2) is 18.7 Å². The fraction of sp³-hybridized carbons (Fsp3) is 0.600. The van der Waals surface area contributed by atoms with Gasteiger partial charge in [0.1, 0.15) is 12.4 Å². The Balaban J connectivity index is 1.68. The number of hydrogen-bond donors (Lipinski definition) is 1. The van der Waals surface area contributed by atoms with Crippen LogP contribution < -0.4 is 10.1 Å². The predicted octanol–water partition coefficient (Wildman–Crippen LogP) is 3.15. The molecule has 0 amide bonds. The zero-order chi connectivity index (χ0) is 12.3. The summed E-state index contributed by atoms with van der Waals surface area (Å²) < 4.78 is 5.76. The van der Waals surface area contributed by atoms with Gasteiger partial charge in [-0.1, -0.05) is 24.6 Å². The lowest BCUT2D eigenvalue weighted by atomic mass is 9.81. The van der Waals surface area contributed by atoms with Crippen LogP contribution in [0, 0.1) is 12.8 Å². The topological polar surface area (TPSA) is 21.3 Å². The molecule has 1 fully saturated rings. The number of nitrogens with one attached hydrogen (secondary N) is 1. The van der Waals surface area contributed by atoms with E-state index in [0.717, 1.165) is 18.3 Å². The molecule has 1 aromatic carbocycles. The van der Waals surface area contributed by atoms with E-state index >= 15 is 0 Å². The molecule has 1 aliphatic rings. The maximum atomic E-state index is 5.76. The smallest absolute Gasteiger partial charge is 0.119 e. The molecule has 1 unspecified atom stereocenters. The molecule has 2 heteroatoms. The average Bonchev–Trinajstić information content (AvgIpc) is 2.26. The zero-order valence-corrected chi connectivity index (χ0v) is 11.1. The van der Waals surface area contributed by atoms with Crippen molar-refractivity contribution in [1.29, 1.82) is 0 Å². The summed E-state index contributed by atoms with van der Waals surface area (Å²) in [6, 6.07) is 9.37. The number of benzene rings is 1. The van der Waals surface area contributed by atoms with Crippen molar-refractivity contribution in [2.45, 2.75) is 45.7 Å². The van der Waals surface area contributed by atoms with Crippen molar-refractivity contribution in [3.63, 3.8) is 0 Å². The fourth-order valence-corrected chi connectivity index (χ4v) is 2.34. The Morgan fingerprint density at radius 3 is 2.53 bits per heavy atom. The molecule has 17 heavy (non-hydrogen) atoms. The van der Waals surface area contributed by atoms with Gasteiger partial charge in [0.05, 0.1) is 0 Å². The summed E-state index contributed by atoms with van der Waals surface area (Å²) >= 11 is 0. The minimum Gasteiger partial charge on any atom is -0.492 e. The van der Waals surface area contributed by atoms with Crippen molar-refractivity contribution in [2.75, 3.05) is 6.61 Å². The minimum atomic E-state index is 0.425. The zero-order valence-electron chi connectivity index (χ0n) is 11.1. The number of hydrogen-bond acceptors (Lipinski definition) is 2.